The zero-order valence-electron chi connectivity index (χ0n) is 19.5. The molecule has 0 fully saturated rings. The van der Waals surface area contributed by atoms with E-state index in [1.54, 1.807) is 0 Å². The fourth-order valence-electron chi connectivity index (χ4n) is 3.67. The first-order chi connectivity index (χ1) is 14.7. The van der Waals surface area contributed by atoms with E-state index in [4.69, 9.17) is 4.74 Å². The maximum atomic E-state index is 11.9. The number of ether oxygens (including phenoxy) is 1. The van der Waals surface area contributed by atoms with Crippen molar-refractivity contribution in [2.75, 3.05) is 25.5 Å². The third-order valence-corrected chi connectivity index (χ3v) is 5.42. The molecule has 7 heteroatoms. The van der Waals surface area contributed by atoms with Crippen LogP contribution in [-0.4, -0.2) is 52.0 Å². The van der Waals surface area contributed by atoms with Crippen molar-refractivity contribution in [3.05, 3.63) is 47.4 Å². The van der Waals surface area contributed by atoms with Gasteiger partial charge in [-0.1, -0.05) is 0 Å². The number of nitrogens with one attached hydrogen (secondary N) is 2. The molecule has 3 aromatic rings. The van der Waals surface area contributed by atoms with Gasteiger partial charge >= 0.3 is 6.09 Å². The molecular weight excluding hydrogens is 390 g/mol. The van der Waals surface area contributed by atoms with Crippen molar-refractivity contribution in [1.82, 2.24) is 19.7 Å². The molecule has 168 valence electrons. The first-order valence-corrected chi connectivity index (χ1v) is 11.0. The molecule has 0 saturated heterocycles. The second kappa shape index (κ2) is 10.0. The smallest absolute Gasteiger partial charge is 0.411 e. The molecule has 0 bridgehead atoms. The molecule has 7 nitrogen and oxygen atoms in total. The monoisotopic (exact) mass is 425 g/mol. The number of hydrogen-bond donors (Lipinski definition) is 2. The summed E-state index contributed by atoms with van der Waals surface area (Å²) in [4.78, 5) is 17.8. The number of benzene rings is 1. The summed E-state index contributed by atoms with van der Waals surface area (Å²) in [6.07, 6.45) is 5.46. The maximum Gasteiger partial charge on any atom is 0.411 e. The highest BCUT2D eigenvalue weighted by Gasteiger charge is 2.12. The number of carbonyl (C=O) groups excluding carboxylic acids is 1. The van der Waals surface area contributed by atoms with Crippen molar-refractivity contribution < 1.29 is 9.53 Å². The Morgan fingerprint density at radius 2 is 1.97 bits per heavy atom. The summed E-state index contributed by atoms with van der Waals surface area (Å²) in [5.41, 5.74) is 5.56. The Morgan fingerprint density at radius 3 is 2.65 bits per heavy atom. The number of aromatic amines is 1. The molecule has 2 heterocycles. The van der Waals surface area contributed by atoms with Gasteiger partial charge in [0.05, 0.1) is 12.3 Å². The van der Waals surface area contributed by atoms with E-state index in [-0.39, 0.29) is 6.10 Å². The molecule has 0 saturated carbocycles. The lowest BCUT2D eigenvalue weighted by Crippen LogP contribution is -2.23. The average molecular weight is 426 g/mol. The summed E-state index contributed by atoms with van der Waals surface area (Å²) in [5, 5.41) is 8.39. The zero-order chi connectivity index (χ0) is 22.5. The molecule has 0 aliphatic heterocycles. The fourth-order valence-corrected chi connectivity index (χ4v) is 3.67. The van der Waals surface area contributed by atoms with Crippen molar-refractivity contribution >= 4 is 22.7 Å². The van der Waals surface area contributed by atoms with Crippen molar-refractivity contribution in [2.45, 2.75) is 59.6 Å². The number of fused-ring (bicyclic) bond motifs is 1. The van der Waals surface area contributed by atoms with Gasteiger partial charge < -0.3 is 14.6 Å². The number of aryl methyl sites for hydroxylation is 1. The molecule has 0 aliphatic carbocycles. The average Bonchev–Trinajstić information content (AvgIpc) is 3.28. The van der Waals surface area contributed by atoms with Gasteiger partial charge in [0.2, 0.25) is 0 Å². The van der Waals surface area contributed by atoms with E-state index in [0.717, 1.165) is 42.5 Å². The standard InChI is InChI=1S/C24H35N5O2/c1-16(2)29-15-19(14-25-29)9-11-28(6)12-10-21-18(5)26-23-8-7-20(13-22(21)23)27-24(30)31-17(3)4/h7-8,13-17,26H,9-12H2,1-6H3,(H,27,30). The van der Waals surface area contributed by atoms with Gasteiger partial charge in [0.1, 0.15) is 0 Å². The molecule has 1 aromatic carbocycles. The van der Waals surface area contributed by atoms with E-state index in [2.05, 4.69) is 54.3 Å². The summed E-state index contributed by atoms with van der Waals surface area (Å²) in [7, 11) is 2.16. The highest BCUT2D eigenvalue weighted by atomic mass is 16.6. The Balaban J connectivity index is 1.61. The molecule has 0 spiro atoms. The Hall–Kier alpha value is -2.80. The highest BCUT2D eigenvalue weighted by Crippen LogP contribution is 2.26. The minimum atomic E-state index is -0.427. The van der Waals surface area contributed by atoms with Gasteiger partial charge in [-0.2, -0.15) is 5.10 Å². The van der Waals surface area contributed by atoms with Crippen LogP contribution >= 0.6 is 0 Å². The topological polar surface area (TPSA) is 75.2 Å². The van der Waals surface area contributed by atoms with E-state index in [0.29, 0.717) is 6.04 Å². The van der Waals surface area contributed by atoms with E-state index in [1.165, 1.54) is 16.8 Å². The first-order valence-electron chi connectivity index (χ1n) is 11.0. The lowest BCUT2D eigenvalue weighted by molar-refractivity contribution is 0.130. The second-order valence-electron chi connectivity index (χ2n) is 8.79. The minimum absolute atomic E-state index is 0.149. The number of rotatable bonds is 9. The Bertz CT molecular complexity index is 1020. The highest BCUT2D eigenvalue weighted by molar-refractivity contribution is 5.92. The molecule has 31 heavy (non-hydrogen) atoms. The van der Waals surface area contributed by atoms with Crippen molar-refractivity contribution in [3.63, 3.8) is 0 Å². The van der Waals surface area contributed by atoms with Gasteiger partial charge in [-0.25, -0.2) is 4.79 Å². The molecule has 0 radical (unpaired) electrons. The molecule has 2 aromatic heterocycles. The zero-order valence-corrected chi connectivity index (χ0v) is 19.5. The van der Waals surface area contributed by atoms with Gasteiger partial charge in [-0.15, -0.1) is 0 Å². The van der Waals surface area contributed by atoms with Gasteiger partial charge in [-0.05, 0) is 83.8 Å². The number of aromatic nitrogens is 3. The number of H-pyrrole nitrogens is 1. The van der Waals surface area contributed by atoms with Crippen molar-refractivity contribution in [3.8, 4) is 0 Å². The van der Waals surface area contributed by atoms with Gasteiger partial charge in [0, 0.05) is 47.6 Å². The van der Waals surface area contributed by atoms with Crippen LogP contribution in [0, 0.1) is 6.92 Å². The van der Waals surface area contributed by atoms with Crippen LogP contribution in [0.4, 0.5) is 10.5 Å². The number of carbonyl (C=O) groups is 1. The van der Waals surface area contributed by atoms with Crippen molar-refractivity contribution in [1.29, 1.82) is 0 Å². The van der Waals surface area contributed by atoms with Crippen LogP contribution in [-0.2, 0) is 17.6 Å². The number of hydrogen-bond acceptors (Lipinski definition) is 4. The Labute approximate surface area is 184 Å². The quantitative estimate of drug-likeness (QED) is 0.510. The van der Waals surface area contributed by atoms with Crippen LogP contribution in [0.2, 0.25) is 0 Å². The summed E-state index contributed by atoms with van der Waals surface area (Å²) in [6.45, 7) is 12.0. The molecule has 0 atom stereocenters. The third kappa shape index (κ3) is 6.10. The summed E-state index contributed by atoms with van der Waals surface area (Å²) >= 11 is 0. The molecular formula is C24H35N5O2. The summed E-state index contributed by atoms with van der Waals surface area (Å²) < 4.78 is 7.20. The van der Waals surface area contributed by atoms with Crippen LogP contribution in [0.3, 0.4) is 0 Å². The van der Waals surface area contributed by atoms with Gasteiger partial charge in [0.15, 0.2) is 0 Å². The Morgan fingerprint density at radius 1 is 1.23 bits per heavy atom. The second-order valence-corrected chi connectivity index (χ2v) is 8.79. The first kappa shape index (κ1) is 22.9. The third-order valence-electron chi connectivity index (χ3n) is 5.42. The number of anilines is 1. The molecule has 2 N–H and O–H groups in total. The maximum absolute atomic E-state index is 11.9. The van der Waals surface area contributed by atoms with Crippen molar-refractivity contribution in [2.24, 2.45) is 0 Å². The van der Waals surface area contributed by atoms with Gasteiger partial charge in [0.25, 0.3) is 0 Å². The number of likely N-dealkylation sites (N-methyl/N-ethyl adjacent to an activating group) is 1. The predicted molar refractivity (Wildman–Crippen MR) is 126 cm³/mol. The summed E-state index contributed by atoms with van der Waals surface area (Å²) in [6, 6.07) is 6.32. The van der Waals surface area contributed by atoms with Crippen LogP contribution in [0.15, 0.2) is 30.6 Å². The SMILES string of the molecule is Cc1[nH]c2ccc(NC(=O)OC(C)C)cc2c1CCN(C)CCc1cnn(C(C)C)c1. The molecule has 3 rings (SSSR count). The van der Waals surface area contributed by atoms with E-state index in [9.17, 15) is 4.79 Å². The summed E-state index contributed by atoms with van der Waals surface area (Å²) in [5.74, 6) is 0. The predicted octanol–water partition coefficient (Wildman–Crippen LogP) is 4.93. The fraction of sp³-hybridized carbons (Fsp3) is 0.500. The lowest BCUT2D eigenvalue weighted by atomic mass is 10.1. The van der Waals surface area contributed by atoms with Crippen LogP contribution in [0.25, 0.3) is 10.9 Å². The van der Waals surface area contributed by atoms with E-state index >= 15 is 0 Å². The van der Waals surface area contributed by atoms with E-state index in [1.807, 2.05) is 42.9 Å². The lowest BCUT2D eigenvalue weighted by Gasteiger charge is -2.16. The molecule has 0 unspecified atom stereocenters. The normalized spacial score (nSPS) is 11.8. The van der Waals surface area contributed by atoms with Crippen LogP contribution in [0.1, 0.15) is 50.6 Å². The number of nitrogens with zero attached hydrogens (tertiary/aromatic N) is 3. The van der Waals surface area contributed by atoms with Gasteiger partial charge in [-0.3, -0.25) is 10.00 Å². The van der Waals surface area contributed by atoms with Crippen LogP contribution < -0.4 is 5.32 Å². The molecule has 1 amide bonds. The van der Waals surface area contributed by atoms with E-state index < -0.39 is 6.09 Å². The minimum Gasteiger partial charge on any atom is -0.447 e. The largest absolute Gasteiger partial charge is 0.447 e. The van der Waals surface area contributed by atoms with Crippen LogP contribution in [0.5, 0.6) is 0 Å². The number of amides is 1. The Kier molecular flexibility index (Phi) is 7.38. The molecule has 0 aliphatic rings.